The molecule has 2 saturated heterocycles. The van der Waals surface area contributed by atoms with Crippen LogP contribution in [0.3, 0.4) is 0 Å². The molecule has 2 aliphatic heterocycles. The first-order chi connectivity index (χ1) is 14.9. The van der Waals surface area contributed by atoms with Crippen molar-refractivity contribution in [3.63, 3.8) is 0 Å². The van der Waals surface area contributed by atoms with E-state index in [2.05, 4.69) is 15.6 Å². The second-order valence-electron chi connectivity index (χ2n) is 7.51. The molecule has 0 saturated carbocycles. The number of rotatable bonds is 5. The summed E-state index contributed by atoms with van der Waals surface area (Å²) in [5, 5.41) is 5.71. The lowest BCUT2D eigenvalue weighted by Gasteiger charge is -2.46. The molecule has 2 unspecified atom stereocenters. The van der Waals surface area contributed by atoms with Crippen molar-refractivity contribution in [2.75, 3.05) is 18.4 Å². The average molecular weight is 446 g/mol. The third kappa shape index (κ3) is 4.52. The average Bonchev–Trinajstić information content (AvgIpc) is 2.77. The van der Waals surface area contributed by atoms with Gasteiger partial charge in [-0.3, -0.25) is 19.5 Å². The van der Waals surface area contributed by atoms with Crippen molar-refractivity contribution in [3.05, 3.63) is 59.1 Å². The lowest BCUT2D eigenvalue weighted by atomic mass is 9.93. The predicted molar refractivity (Wildman–Crippen MR) is 112 cm³/mol. The molecule has 2 aliphatic rings. The summed E-state index contributed by atoms with van der Waals surface area (Å²) in [4.78, 5) is 45.4. The number of carbonyl (C=O) groups is 3. The number of amides is 4. The Morgan fingerprint density at radius 2 is 2.03 bits per heavy atom. The van der Waals surface area contributed by atoms with Crippen molar-refractivity contribution < 1.29 is 18.8 Å². The van der Waals surface area contributed by atoms with Crippen LogP contribution in [0.25, 0.3) is 0 Å². The first-order valence-corrected chi connectivity index (χ1v) is 10.3. The van der Waals surface area contributed by atoms with E-state index in [0.29, 0.717) is 18.7 Å². The minimum Gasteiger partial charge on any atom is -0.324 e. The molecule has 2 N–H and O–H groups in total. The molecule has 0 radical (unpaired) electrons. The number of nitrogens with one attached hydrogen (secondary N) is 2. The number of urea groups is 1. The van der Waals surface area contributed by atoms with Crippen LogP contribution in [0.5, 0.6) is 0 Å². The van der Waals surface area contributed by atoms with Crippen molar-refractivity contribution in [2.24, 2.45) is 0 Å². The van der Waals surface area contributed by atoms with Gasteiger partial charge in [0.1, 0.15) is 18.4 Å². The Morgan fingerprint density at radius 3 is 2.77 bits per heavy atom. The van der Waals surface area contributed by atoms with Gasteiger partial charge in [0.15, 0.2) is 0 Å². The largest absolute Gasteiger partial charge is 0.327 e. The van der Waals surface area contributed by atoms with Gasteiger partial charge in [0.2, 0.25) is 11.8 Å². The fourth-order valence-electron chi connectivity index (χ4n) is 3.95. The van der Waals surface area contributed by atoms with E-state index in [1.807, 2.05) is 0 Å². The van der Waals surface area contributed by atoms with Crippen LogP contribution in [0.1, 0.15) is 18.4 Å². The molecule has 1 aromatic carbocycles. The molecule has 0 bridgehead atoms. The number of benzene rings is 1. The number of fused-ring (bicyclic) bond motifs is 1. The van der Waals surface area contributed by atoms with E-state index in [-0.39, 0.29) is 24.0 Å². The number of pyridine rings is 1. The summed E-state index contributed by atoms with van der Waals surface area (Å²) in [5.41, 5.74) is 1.08. The number of piperidine rings is 1. The SMILES string of the molecule is O=C(CN1C(=O)N(Cc2ccncc2)C(=O)C2NCCCC21)Nc1ccc(F)c(Cl)c1. The Morgan fingerprint density at radius 1 is 1.26 bits per heavy atom. The second kappa shape index (κ2) is 8.99. The third-order valence-corrected chi connectivity index (χ3v) is 5.73. The summed E-state index contributed by atoms with van der Waals surface area (Å²) in [6, 6.07) is 5.82. The normalized spacial score (nSPS) is 21.1. The van der Waals surface area contributed by atoms with Gasteiger partial charge in [-0.05, 0) is 55.3 Å². The van der Waals surface area contributed by atoms with Crippen LogP contribution in [0.4, 0.5) is 14.9 Å². The number of anilines is 1. The monoisotopic (exact) mass is 445 g/mol. The molecule has 8 nitrogen and oxygen atoms in total. The van der Waals surface area contributed by atoms with Crippen molar-refractivity contribution >= 4 is 35.1 Å². The van der Waals surface area contributed by atoms with Gasteiger partial charge < -0.3 is 15.5 Å². The van der Waals surface area contributed by atoms with Crippen molar-refractivity contribution in [1.29, 1.82) is 0 Å². The number of halogens is 2. The van der Waals surface area contributed by atoms with Crippen LogP contribution in [-0.2, 0) is 16.1 Å². The molecule has 2 atom stereocenters. The molecule has 2 fully saturated rings. The molecule has 4 amide bonds. The van der Waals surface area contributed by atoms with E-state index >= 15 is 0 Å². The number of hydrogen-bond acceptors (Lipinski definition) is 5. The van der Waals surface area contributed by atoms with Gasteiger partial charge in [-0.15, -0.1) is 0 Å². The highest BCUT2D eigenvalue weighted by molar-refractivity contribution is 6.31. The summed E-state index contributed by atoms with van der Waals surface area (Å²) in [5.74, 6) is -1.35. The Labute approximate surface area is 183 Å². The zero-order valence-electron chi connectivity index (χ0n) is 16.6. The van der Waals surface area contributed by atoms with E-state index in [1.165, 1.54) is 17.0 Å². The van der Waals surface area contributed by atoms with Gasteiger partial charge in [0, 0.05) is 18.1 Å². The number of carbonyl (C=O) groups excluding carboxylic acids is 3. The zero-order valence-corrected chi connectivity index (χ0v) is 17.3. The van der Waals surface area contributed by atoms with Gasteiger partial charge in [0.05, 0.1) is 17.6 Å². The molecular weight excluding hydrogens is 425 g/mol. The highest BCUT2D eigenvalue weighted by atomic mass is 35.5. The molecule has 4 rings (SSSR count). The number of nitrogens with zero attached hydrogens (tertiary/aromatic N) is 3. The van der Waals surface area contributed by atoms with Gasteiger partial charge in [-0.1, -0.05) is 11.6 Å². The molecular formula is C21H21ClFN5O3. The van der Waals surface area contributed by atoms with Gasteiger partial charge in [-0.2, -0.15) is 0 Å². The number of imide groups is 1. The van der Waals surface area contributed by atoms with Crippen molar-refractivity contribution in [3.8, 4) is 0 Å². The quantitative estimate of drug-likeness (QED) is 0.737. The maximum atomic E-state index is 13.4. The fourth-order valence-corrected chi connectivity index (χ4v) is 4.13. The lowest BCUT2D eigenvalue weighted by Crippen LogP contribution is -2.70. The lowest BCUT2D eigenvalue weighted by molar-refractivity contribution is -0.138. The van der Waals surface area contributed by atoms with Gasteiger partial charge in [0.25, 0.3) is 0 Å². The molecule has 1 aromatic heterocycles. The minimum absolute atomic E-state index is 0.0940. The fraction of sp³-hybridized carbons (Fsp3) is 0.333. The molecule has 2 aromatic rings. The number of hydrogen-bond donors (Lipinski definition) is 2. The van der Waals surface area contributed by atoms with Crippen LogP contribution < -0.4 is 10.6 Å². The molecule has 31 heavy (non-hydrogen) atoms. The summed E-state index contributed by atoms with van der Waals surface area (Å²) in [7, 11) is 0. The minimum atomic E-state index is -0.590. The smallest absolute Gasteiger partial charge is 0.324 e. The van der Waals surface area contributed by atoms with Crippen LogP contribution in [0, 0.1) is 5.82 Å². The van der Waals surface area contributed by atoms with E-state index in [4.69, 9.17) is 11.6 Å². The summed E-state index contributed by atoms with van der Waals surface area (Å²) in [6.45, 7) is 0.520. The van der Waals surface area contributed by atoms with Crippen LogP contribution >= 0.6 is 11.6 Å². The van der Waals surface area contributed by atoms with E-state index in [9.17, 15) is 18.8 Å². The van der Waals surface area contributed by atoms with Crippen LogP contribution in [-0.4, -0.2) is 57.8 Å². The van der Waals surface area contributed by atoms with Crippen molar-refractivity contribution in [2.45, 2.75) is 31.5 Å². The standard InChI is InChI=1S/C21H21ClFN5O3/c22-15-10-14(3-4-16(15)23)26-18(29)12-27-17-2-1-7-25-19(17)20(30)28(21(27)31)11-13-5-8-24-9-6-13/h3-6,8-10,17,19,25H,1-2,7,11-12H2,(H,26,29). The molecule has 10 heteroatoms. The van der Waals surface area contributed by atoms with Crippen LogP contribution in [0.2, 0.25) is 5.02 Å². The first-order valence-electron chi connectivity index (χ1n) is 9.93. The third-order valence-electron chi connectivity index (χ3n) is 5.44. The van der Waals surface area contributed by atoms with Gasteiger partial charge in [-0.25, -0.2) is 9.18 Å². The summed E-state index contributed by atoms with van der Waals surface area (Å²) in [6.07, 6.45) is 4.59. The Balaban J connectivity index is 1.53. The topological polar surface area (TPSA) is 94.6 Å². The Kier molecular flexibility index (Phi) is 6.15. The van der Waals surface area contributed by atoms with E-state index in [1.54, 1.807) is 24.5 Å². The number of aromatic nitrogens is 1. The summed E-state index contributed by atoms with van der Waals surface area (Å²) >= 11 is 5.77. The second-order valence-corrected chi connectivity index (χ2v) is 7.92. The van der Waals surface area contributed by atoms with E-state index < -0.39 is 29.8 Å². The molecule has 0 aliphatic carbocycles. The highest BCUT2D eigenvalue weighted by Gasteiger charge is 2.47. The first kappa shape index (κ1) is 21.2. The predicted octanol–water partition coefficient (Wildman–Crippen LogP) is 2.40. The molecule has 3 heterocycles. The van der Waals surface area contributed by atoms with Gasteiger partial charge >= 0.3 is 6.03 Å². The maximum absolute atomic E-state index is 13.4. The van der Waals surface area contributed by atoms with E-state index in [0.717, 1.165) is 23.0 Å². The summed E-state index contributed by atoms with van der Waals surface area (Å²) < 4.78 is 13.4. The van der Waals surface area contributed by atoms with Crippen LogP contribution in [0.15, 0.2) is 42.7 Å². The van der Waals surface area contributed by atoms with Crippen molar-refractivity contribution in [1.82, 2.24) is 20.1 Å². The Hall–Kier alpha value is -3.04. The molecule has 0 spiro atoms. The Bertz CT molecular complexity index is 1010. The highest BCUT2D eigenvalue weighted by Crippen LogP contribution is 2.26. The zero-order chi connectivity index (χ0) is 22.0. The molecule has 162 valence electrons. The maximum Gasteiger partial charge on any atom is 0.327 e.